The molecule has 3 aromatic rings. The maximum Gasteiger partial charge on any atom is 0.306 e. The number of amides is 1. The van der Waals surface area contributed by atoms with E-state index in [9.17, 15) is 4.79 Å². The molecule has 0 spiro atoms. The van der Waals surface area contributed by atoms with Gasteiger partial charge in [-0.25, -0.2) is 0 Å². The van der Waals surface area contributed by atoms with Gasteiger partial charge in [0.05, 0.1) is 5.56 Å². The monoisotopic (exact) mass is 249 g/mol. The van der Waals surface area contributed by atoms with Crippen molar-refractivity contribution in [3.63, 3.8) is 0 Å². The molecule has 1 heterocycles. The van der Waals surface area contributed by atoms with Gasteiger partial charge in [0.15, 0.2) is 12.4 Å². The van der Waals surface area contributed by atoms with Crippen molar-refractivity contribution < 1.29 is 9.47 Å². The number of pyridine rings is 1. The van der Waals surface area contributed by atoms with E-state index in [1.165, 1.54) is 0 Å². The summed E-state index contributed by atoms with van der Waals surface area (Å²) in [7, 11) is 0. The highest BCUT2D eigenvalue weighted by molar-refractivity contribution is 6.09. The highest BCUT2D eigenvalue weighted by Gasteiger charge is 2.12. The fourth-order valence-corrected chi connectivity index (χ4v) is 2.07. The second-order valence-electron chi connectivity index (χ2n) is 4.25. The van der Waals surface area contributed by atoms with Gasteiger partial charge in [-0.15, -0.1) is 5.43 Å². The number of hydrogen-bond donors (Lipinski definition) is 1. The molecule has 19 heavy (non-hydrogen) atoms. The topological polar surface area (TPSA) is 33.0 Å². The summed E-state index contributed by atoms with van der Waals surface area (Å²) in [6.07, 6.45) is 3.59. The molecule has 3 heteroatoms. The third-order valence-corrected chi connectivity index (χ3v) is 2.98. The minimum atomic E-state index is -0.118. The highest BCUT2D eigenvalue weighted by atomic mass is 16.2. The normalized spacial score (nSPS) is 10.3. The average Bonchev–Trinajstić information content (AvgIpc) is 2.47. The Balaban J connectivity index is 1.98. The van der Waals surface area contributed by atoms with Crippen molar-refractivity contribution in [1.82, 2.24) is 0 Å². The maximum absolute atomic E-state index is 12.3. The van der Waals surface area contributed by atoms with E-state index in [4.69, 9.17) is 0 Å². The molecule has 3 nitrogen and oxygen atoms in total. The molecule has 0 saturated heterocycles. The smallest absolute Gasteiger partial charge is 0.264 e. The molecular formula is C16H13N2O+. The van der Waals surface area contributed by atoms with E-state index in [-0.39, 0.29) is 5.91 Å². The van der Waals surface area contributed by atoms with Gasteiger partial charge >= 0.3 is 5.91 Å². The van der Waals surface area contributed by atoms with Crippen LogP contribution in [0.2, 0.25) is 0 Å². The van der Waals surface area contributed by atoms with Gasteiger partial charge in [-0.2, -0.15) is 0 Å². The van der Waals surface area contributed by atoms with Gasteiger partial charge in [-0.05, 0) is 16.8 Å². The lowest BCUT2D eigenvalue weighted by Gasteiger charge is -2.04. The van der Waals surface area contributed by atoms with E-state index in [1.54, 1.807) is 17.1 Å². The minimum absolute atomic E-state index is 0.118. The Bertz CT molecular complexity index is 718. The van der Waals surface area contributed by atoms with Crippen LogP contribution in [0.5, 0.6) is 0 Å². The van der Waals surface area contributed by atoms with E-state index >= 15 is 0 Å². The molecule has 0 saturated carbocycles. The van der Waals surface area contributed by atoms with Crippen LogP contribution in [0.25, 0.3) is 10.8 Å². The fourth-order valence-electron chi connectivity index (χ4n) is 2.07. The maximum atomic E-state index is 12.3. The predicted molar refractivity (Wildman–Crippen MR) is 74.3 cm³/mol. The lowest BCUT2D eigenvalue weighted by atomic mass is 10.0. The van der Waals surface area contributed by atoms with Crippen LogP contribution in [0, 0.1) is 0 Å². The number of rotatable bonds is 2. The van der Waals surface area contributed by atoms with Gasteiger partial charge in [0.25, 0.3) is 0 Å². The molecule has 0 aliphatic rings. The summed E-state index contributed by atoms with van der Waals surface area (Å²) in [5.41, 5.74) is 3.50. The van der Waals surface area contributed by atoms with Crippen LogP contribution in [0.3, 0.4) is 0 Å². The lowest BCUT2D eigenvalue weighted by Crippen LogP contribution is -2.47. The van der Waals surface area contributed by atoms with Gasteiger partial charge in [0.2, 0.25) is 0 Å². The van der Waals surface area contributed by atoms with E-state index in [0.717, 1.165) is 10.8 Å². The lowest BCUT2D eigenvalue weighted by molar-refractivity contribution is -0.641. The second-order valence-corrected chi connectivity index (χ2v) is 4.25. The number of fused-ring (bicyclic) bond motifs is 1. The van der Waals surface area contributed by atoms with Crippen LogP contribution in [0.4, 0.5) is 0 Å². The first-order valence-corrected chi connectivity index (χ1v) is 6.10. The molecule has 1 N–H and O–H groups in total. The molecule has 0 aliphatic carbocycles. The summed E-state index contributed by atoms with van der Waals surface area (Å²) in [5.74, 6) is -0.118. The Morgan fingerprint density at radius 1 is 0.842 bits per heavy atom. The molecule has 0 atom stereocenters. The molecule has 0 fully saturated rings. The Labute approximate surface area is 111 Å². The molecule has 0 radical (unpaired) electrons. The SMILES string of the molecule is O=C(N[n+]1ccccc1)c1cccc2ccccc12. The highest BCUT2D eigenvalue weighted by Crippen LogP contribution is 2.18. The minimum Gasteiger partial charge on any atom is -0.264 e. The summed E-state index contributed by atoms with van der Waals surface area (Å²) in [4.78, 5) is 12.3. The van der Waals surface area contributed by atoms with Crippen LogP contribution < -0.4 is 10.1 Å². The zero-order valence-corrected chi connectivity index (χ0v) is 10.3. The fraction of sp³-hybridized carbons (Fsp3) is 0. The quantitative estimate of drug-likeness (QED) is 0.695. The van der Waals surface area contributed by atoms with Crippen LogP contribution in [0.15, 0.2) is 73.1 Å². The first kappa shape index (κ1) is 11.4. The Morgan fingerprint density at radius 2 is 1.58 bits per heavy atom. The third kappa shape index (κ3) is 2.31. The molecule has 0 aliphatic heterocycles. The third-order valence-electron chi connectivity index (χ3n) is 2.98. The Morgan fingerprint density at radius 3 is 2.42 bits per heavy atom. The van der Waals surface area contributed by atoms with Gasteiger partial charge in [-0.3, -0.25) is 4.79 Å². The predicted octanol–water partition coefficient (Wildman–Crippen LogP) is 2.51. The average molecular weight is 249 g/mol. The van der Waals surface area contributed by atoms with E-state index < -0.39 is 0 Å². The van der Waals surface area contributed by atoms with Crippen molar-refractivity contribution in [2.24, 2.45) is 0 Å². The van der Waals surface area contributed by atoms with Gasteiger partial charge < -0.3 is 0 Å². The van der Waals surface area contributed by atoms with Crippen molar-refractivity contribution in [1.29, 1.82) is 0 Å². The van der Waals surface area contributed by atoms with Gasteiger partial charge in [0.1, 0.15) is 0 Å². The van der Waals surface area contributed by atoms with Crippen molar-refractivity contribution in [2.75, 3.05) is 5.43 Å². The van der Waals surface area contributed by atoms with Crippen LogP contribution in [-0.2, 0) is 0 Å². The van der Waals surface area contributed by atoms with Gasteiger partial charge in [-0.1, -0.05) is 47.1 Å². The molecule has 1 amide bonds. The number of benzene rings is 2. The molecule has 0 bridgehead atoms. The van der Waals surface area contributed by atoms with Crippen LogP contribution >= 0.6 is 0 Å². The first-order chi connectivity index (χ1) is 9.34. The number of hydrogen-bond acceptors (Lipinski definition) is 1. The van der Waals surface area contributed by atoms with E-state index in [0.29, 0.717) is 5.56 Å². The summed E-state index contributed by atoms with van der Waals surface area (Å²) in [6, 6.07) is 19.2. The van der Waals surface area contributed by atoms with Crippen molar-refractivity contribution >= 4 is 16.7 Å². The van der Waals surface area contributed by atoms with Crippen molar-refractivity contribution in [2.45, 2.75) is 0 Å². The Hall–Kier alpha value is -2.68. The molecule has 2 aromatic carbocycles. The van der Waals surface area contributed by atoms with Crippen LogP contribution in [-0.4, -0.2) is 5.91 Å². The molecule has 3 rings (SSSR count). The molecular weight excluding hydrogens is 236 g/mol. The van der Waals surface area contributed by atoms with Crippen molar-refractivity contribution in [3.8, 4) is 0 Å². The standard InChI is InChI=1S/C16H12N2O/c19-16(17-18-11-4-1-5-12-18)15-10-6-8-13-7-2-3-9-14(13)15/h1-12H/p+1. The number of carbonyl (C=O) groups excluding carboxylic acids is 1. The summed E-state index contributed by atoms with van der Waals surface area (Å²) in [5, 5.41) is 2.02. The molecule has 1 aromatic heterocycles. The molecule has 92 valence electrons. The number of nitrogens with one attached hydrogen (secondary N) is 1. The van der Waals surface area contributed by atoms with Gasteiger partial charge in [0, 0.05) is 12.1 Å². The summed E-state index contributed by atoms with van der Waals surface area (Å²) >= 11 is 0. The summed E-state index contributed by atoms with van der Waals surface area (Å²) in [6.45, 7) is 0. The zero-order chi connectivity index (χ0) is 13.1. The molecule has 0 unspecified atom stereocenters. The number of aromatic nitrogens is 1. The van der Waals surface area contributed by atoms with E-state index in [1.807, 2.05) is 60.7 Å². The largest absolute Gasteiger partial charge is 0.306 e. The van der Waals surface area contributed by atoms with Crippen molar-refractivity contribution in [3.05, 3.63) is 78.6 Å². The summed E-state index contributed by atoms with van der Waals surface area (Å²) < 4.78 is 1.64. The second kappa shape index (κ2) is 4.90. The number of nitrogens with zero attached hydrogens (tertiary/aromatic N) is 1. The van der Waals surface area contributed by atoms with Crippen LogP contribution in [0.1, 0.15) is 10.4 Å². The zero-order valence-electron chi connectivity index (χ0n) is 10.3. The Kier molecular flexibility index (Phi) is 2.94. The number of carbonyl (C=O) groups is 1. The van der Waals surface area contributed by atoms with E-state index in [2.05, 4.69) is 5.43 Å². The first-order valence-electron chi connectivity index (χ1n) is 6.10.